The molecule has 1 heterocycles. The molecule has 0 aliphatic heterocycles. The van der Waals surface area contributed by atoms with Gasteiger partial charge in [-0.25, -0.2) is 9.18 Å². The zero-order chi connectivity index (χ0) is 31.9. The Morgan fingerprint density at radius 1 is 1.05 bits per heavy atom. The maximum absolute atomic E-state index is 13.9. The highest BCUT2D eigenvalue weighted by atomic mass is 35.5. The van der Waals surface area contributed by atoms with Crippen molar-refractivity contribution in [3.8, 4) is 22.8 Å². The van der Waals surface area contributed by atoms with E-state index >= 15 is 0 Å². The molecule has 0 radical (unpaired) electrons. The normalized spacial score (nSPS) is 12.3. The number of carbonyl (C=O) groups is 2. The van der Waals surface area contributed by atoms with Crippen LogP contribution in [0.4, 0.5) is 9.18 Å². The molecule has 9 nitrogen and oxygen atoms in total. The molecule has 1 aromatic heterocycles. The van der Waals surface area contributed by atoms with Gasteiger partial charge in [0, 0.05) is 29.3 Å². The molecule has 2 aromatic carbocycles. The van der Waals surface area contributed by atoms with Gasteiger partial charge in [0.25, 0.3) is 5.91 Å². The number of nitrogens with zero attached hydrogens (tertiary/aromatic N) is 1. The summed E-state index contributed by atoms with van der Waals surface area (Å²) in [4.78, 5) is 30.5. The predicted octanol–water partition coefficient (Wildman–Crippen LogP) is 6.21. The van der Waals surface area contributed by atoms with Crippen molar-refractivity contribution >= 4 is 23.6 Å². The van der Waals surface area contributed by atoms with Crippen molar-refractivity contribution in [3.05, 3.63) is 76.2 Å². The van der Waals surface area contributed by atoms with E-state index in [0.29, 0.717) is 34.0 Å². The van der Waals surface area contributed by atoms with Gasteiger partial charge < -0.3 is 30.0 Å². The van der Waals surface area contributed by atoms with Gasteiger partial charge >= 0.3 is 6.09 Å². The minimum Gasteiger partial charge on any atom is -0.493 e. The second kappa shape index (κ2) is 14.1. The number of halogens is 2. The van der Waals surface area contributed by atoms with Gasteiger partial charge in [-0.1, -0.05) is 18.5 Å². The lowest BCUT2D eigenvalue weighted by Crippen LogP contribution is -2.44. The van der Waals surface area contributed by atoms with Crippen molar-refractivity contribution in [2.75, 3.05) is 26.9 Å². The van der Waals surface area contributed by atoms with Crippen LogP contribution in [-0.4, -0.2) is 54.6 Å². The molecule has 0 bridgehead atoms. The van der Waals surface area contributed by atoms with Crippen LogP contribution in [0.25, 0.3) is 11.3 Å². The van der Waals surface area contributed by atoms with E-state index in [1.807, 2.05) is 32.9 Å². The van der Waals surface area contributed by atoms with Crippen molar-refractivity contribution < 1.29 is 33.3 Å². The summed E-state index contributed by atoms with van der Waals surface area (Å²) in [6.07, 6.45) is -0.578. The Bertz CT molecular complexity index is 1460. The molecule has 2 amide bonds. The Morgan fingerprint density at radius 3 is 2.40 bits per heavy atom. The van der Waals surface area contributed by atoms with Crippen molar-refractivity contribution in [2.45, 2.75) is 58.6 Å². The van der Waals surface area contributed by atoms with Crippen molar-refractivity contribution in [2.24, 2.45) is 0 Å². The number of aliphatic hydroxyl groups is 1. The fourth-order valence-corrected chi connectivity index (χ4v) is 4.32. The number of pyridine rings is 1. The largest absolute Gasteiger partial charge is 0.493 e. The number of hydrogen-bond donors (Lipinski definition) is 3. The minimum atomic E-state index is -0.877. The number of aromatic nitrogens is 1. The quantitative estimate of drug-likeness (QED) is 0.234. The lowest BCUT2D eigenvalue weighted by atomic mass is 9.91. The van der Waals surface area contributed by atoms with Crippen LogP contribution < -0.4 is 20.1 Å². The van der Waals surface area contributed by atoms with Crippen LogP contribution in [0.3, 0.4) is 0 Å². The zero-order valence-corrected chi connectivity index (χ0v) is 26.3. The lowest BCUT2D eigenvalue weighted by Gasteiger charge is -2.30. The number of hydrogen-bond acceptors (Lipinski definition) is 7. The van der Waals surface area contributed by atoms with E-state index in [9.17, 15) is 14.0 Å². The molecule has 1 unspecified atom stereocenters. The summed E-state index contributed by atoms with van der Waals surface area (Å²) in [6.45, 7) is 11.1. The number of aliphatic hydroxyl groups excluding tert-OH is 1. The number of alkyl carbamates (subject to hydrolysis) is 1. The number of ether oxygens (including phenoxy) is 3. The van der Waals surface area contributed by atoms with E-state index in [1.165, 1.54) is 19.2 Å². The smallest absolute Gasteiger partial charge is 0.408 e. The van der Waals surface area contributed by atoms with E-state index in [0.717, 1.165) is 5.56 Å². The van der Waals surface area contributed by atoms with E-state index in [2.05, 4.69) is 10.6 Å². The van der Waals surface area contributed by atoms with Crippen LogP contribution in [0.5, 0.6) is 11.5 Å². The van der Waals surface area contributed by atoms with Crippen LogP contribution in [0.2, 0.25) is 5.02 Å². The lowest BCUT2D eigenvalue weighted by molar-refractivity contribution is 0.0470. The monoisotopic (exact) mass is 615 g/mol. The average molecular weight is 616 g/mol. The van der Waals surface area contributed by atoms with Crippen LogP contribution in [-0.2, 0) is 10.3 Å². The fourth-order valence-electron chi connectivity index (χ4n) is 4.14. The first-order chi connectivity index (χ1) is 20.1. The molecular formula is C32H39ClFN3O6. The molecule has 0 spiro atoms. The van der Waals surface area contributed by atoms with Crippen LogP contribution in [0, 0.1) is 5.82 Å². The number of rotatable bonds is 11. The highest BCUT2D eigenvalue weighted by Gasteiger charge is 2.28. The third-order valence-corrected chi connectivity index (χ3v) is 6.73. The van der Waals surface area contributed by atoms with Crippen LogP contribution in [0.1, 0.15) is 69.1 Å². The Morgan fingerprint density at radius 2 is 1.77 bits per heavy atom. The van der Waals surface area contributed by atoms with Gasteiger partial charge in [0.2, 0.25) is 0 Å². The molecule has 43 heavy (non-hydrogen) atoms. The third kappa shape index (κ3) is 9.30. The van der Waals surface area contributed by atoms with E-state index in [4.69, 9.17) is 35.9 Å². The molecule has 0 saturated heterocycles. The van der Waals surface area contributed by atoms with Gasteiger partial charge in [-0.2, -0.15) is 0 Å². The van der Waals surface area contributed by atoms with Crippen LogP contribution in [0.15, 0.2) is 48.5 Å². The first kappa shape index (κ1) is 33.6. The summed E-state index contributed by atoms with van der Waals surface area (Å²) in [6, 6.07) is 12.8. The Balaban J connectivity index is 1.89. The third-order valence-electron chi connectivity index (χ3n) is 6.44. The summed E-state index contributed by atoms with van der Waals surface area (Å²) in [7, 11) is 1.47. The first-order valence-electron chi connectivity index (χ1n) is 13.8. The first-order valence-corrected chi connectivity index (χ1v) is 14.2. The average Bonchev–Trinajstić information content (AvgIpc) is 2.94. The number of methoxy groups -OCH3 is 1. The van der Waals surface area contributed by atoms with Crippen molar-refractivity contribution in [1.29, 1.82) is 0 Å². The maximum atomic E-state index is 13.9. The second-order valence-corrected chi connectivity index (χ2v) is 12.0. The molecule has 11 heteroatoms. The van der Waals surface area contributed by atoms with Crippen molar-refractivity contribution in [3.63, 3.8) is 0 Å². The molecule has 3 aromatic rings. The molecule has 0 fully saturated rings. The van der Waals surface area contributed by atoms with Gasteiger partial charge in [-0.15, -0.1) is 0 Å². The summed E-state index contributed by atoms with van der Waals surface area (Å²) in [5, 5.41) is 14.8. The van der Waals surface area contributed by atoms with E-state index in [-0.39, 0.29) is 36.6 Å². The molecule has 0 aliphatic rings. The van der Waals surface area contributed by atoms with E-state index < -0.39 is 23.1 Å². The molecule has 3 N–H and O–H groups in total. The van der Waals surface area contributed by atoms with Crippen LogP contribution >= 0.6 is 11.6 Å². The van der Waals surface area contributed by atoms with E-state index in [1.54, 1.807) is 45.0 Å². The zero-order valence-electron chi connectivity index (χ0n) is 25.5. The number of nitrogens with one attached hydrogen (secondary N) is 2. The highest BCUT2D eigenvalue weighted by molar-refractivity contribution is 6.31. The Hall–Kier alpha value is -3.89. The summed E-state index contributed by atoms with van der Waals surface area (Å²) in [5.74, 6) is -0.351. The number of carbonyl (C=O) groups excluding carboxylic acids is 2. The summed E-state index contributed by atoms with van der Waals surface area (Å²) in [5.41, 5.74) is 1.29. The molecule has 1 atom stereocenters. The molecular weight excluding hydrogens is 577 g/mol. The molecule has 232 valence electrons. The molecule has 0 aliphatic carbocycles. The molecule has 0 saturated carbocycles. The standard InChI is InChI=1S/C32H39ClFN3O6/c1-19(18-35-29(39)21-9-11-27(42-13-12-38)28(15-21)41-7)25-16-22(32(5,6)37-30(40)43-31(2,3)4)17-26(36-25)20-8-10-24(34)23(33)14-20/h8-11,14-17,19,38H,12-13,18H2,1-7H3,(H,35,39)(H,37,40). The van der Waals surface area contributed by atoms with Crippen molar-refractivity contribution in [1.82, 2.24) is 15.6 Å². The summed E-state index contributed by atoms with van der Waals surface area (Å²) < 4.78 is 30.2. The second-order valence-electron chi connectivity index (χ2n) is 11.6. The summed E-state index contributed by atoms with van der Waals surface area (Å²) >= 11 is 6.07. The maximum Gasteiger partial charge on any atom is 0.408 e. The predicted molar refractivity (Wildman–Crippen MR) is 163 cm³/mol. The van der Waals surface area contributed by atoms with Gasteiger partial charge in [0.1, 0.15) is 18.0 Å². The topological polar surface area (TPSA) is 119 Å². The Kier molecular flexibility index (Phi) is 11.0. The van der Waals surface area contributed by atoms with Gasteiger partial charge in [-0.05, 0) is 88.7 Å². The van der Waals surface area contributed by atoms with Gasteiger partial charge in [-0.3, -0.25) is 9.78 Å². The minimum absolute atomic E-state index is 0.0408. The number of amides is 2. The molecule has 3 rings (SSSR count). The number of benzene rings is 2. The van der Waals surface area contributed by atoms with Gasteiger partial charge in [0.05, 0.1) is 30.0 Å². The fraction of sp³-hybridized carbons (Fsp3) is 0.406. The Labute approximate surface area is 256 Å². The SMILES string of the molecule is COc1cc(C(=O)NCC(C)c2cc(C(C)(C)NC(=O)OC(C)(C)C)cc(-c3ccc(F)c(Cl)c3)n2)ccc1OCCO. The highest BCUT2D eigenvalue weighted by Crippen LogP contribution is 2.31. The van der Waals surface area contributed by atoms with Gasteiger partial charge in [0.15, 0.2) is 11.5 Å².